The minimum absolute atomic E-state index is 0.211. The molecule has 140 valence electrons. The molecule has 2 aromatic rings. The van der Waals surface area contributed by atoms with Crippen molar-refractivity contribution in [1.82, 2.24) is 0 Å². The van der Waals surface area contributed by atoms with Crippen LogP contribution in [-0.2, 0) is 0 Å². The van der Waals surface area contributed by atoms with E-state index in [4.69, 9.17) is 28.8 Å². The standard InChI is InChI=1S/C21H21BrClN3S/c1-14-10-12-21(13-11-14)19(24-17-6-4-16(23)5-7-17)25-20(27)26(21)18-8-2-15(22)3-9-18/h2-9,14H,10-13H2,1H3,(H,24,25,27). The molecule has 0 unspecified atom stereocenters. The summed E-state index contributed by atoms with van der Waals surface area (Å²) in [6.45, 7) is 2.33. The minimum atomic E-state index is -0.211. The number of thiocarbonyl (C=S) groups is 1. The van der Waals surface area contributed by atoms with E-state index in [0.717, 1.165) is 58.3 Å². The number of hydrogen-bond acceptors (Lipinski definition) is 2. The van der Waals surface area contributed by atoms with Gasteiger partial charge in [-0.25, -0.2) is 4.99 Å². The van der Waals surface area contributed by atoms with Gasteiger partial charge in [-0.2, -0.15) is 0 Å². The summed E-state index contributed by atoms with van der Waals surface area (Å²) in [5.41, 5.74) is 1.86. The van der Waals surface area contributed by atoms with Gasteiger partial charge in [0.1, 0.15) is 11.4 Å². The number of nitrogens with zero attached hydrogens (tertiary/aromatic N) is 2. The van der Waals surface area contributed by atoms with Gasteiger partial charge in [-0.1, -0.05) is 34.5 Å². The summed E-state index contributed by atoms with van der Waals surface area (Å²) >= 11 is 15.3. The lowest BCUT2D eigenvalue weighted by Gasteiger charge is -2.44. The molecule has 3 nitrogen and oxygen atoms in total. The van der Waals surface area contributed by atoms with E-state index in [9.17, 15) is 0 Å². The molecule has 1 saturated carbocycles. The number of halogens is 2. The number of rotatable bonds is 2. The van der Waals surface area contributed by atoms with Gasteiger partial charge in [-0.15, -0.1) is 0 Å². The Hall–Kier alpha value is -1.43. The molecular formula is C21H21BrClN3S. The van der Waals surface area contributed by atoms with Crippen LogP contribution >= 0.6 is 39.7 Å². The zero-order valence-electron chi connectivity index (χ0n) is 15.1. The predicted molar refractivity (Wildman–Crippen MR) is 122 cm³/mol. The Morgan fingerprint density at radius 2 is 1.74 bits per heavy atom. The molecule has 0 amide bonds. The predicted octanol–water partition coefficient (Wildman–Crippen LogP) is 6.67. The monoisotopic (exact) mass is 461 g/mol. The van der Waals surface area contributed by atoms with Crippen LogP contribution in [0.25, 0.3) is 0 Å². The fourth-order valence-corrected chi connectivity index (χ4v) is 4.76. The lowest BCUT2D eigenvalue weighted by atomic mass is 9.75. The summed E-state index contributed by atoms with van der Waals surface area (Å²) in [5.74, 6) is 1.68. The molecule has 6 heteroatoms. The van der Waals surface area contributed by atoms with E-state index in [1.165, 1.54) is 0 Å². The zero-order valence-corrected chi connectivity index (χ0v) is 18.2. The Labute approximate surface area is 178 Å². The summed E-state index contributed by atoms with van der Waals surface area (Å²) in [5, 5.41) is 4.89. The molecule has 1 N–H and O–H groups in total. The fraction of sp³-hybridized carbons (Fsp3) is 0.333. The van der Waals surface area contributed by atoms with Gasteiger partial charge in [-0.05, 0) is 92.4 Å². The summed E-state index contributed by atoms with van der Waals surface area (Å²) in [6.07, 6.45) is 4.39. The highest BCUT2D eigenvalue weighted by molar-refractivity contribution is 9.10. The van der Waals surface area contributed by atoms with E-state index in [-0.39, 0.29) is 5.54 Å². The second-order valence-corrected chi connectivity index (χ2v) is 9.12. The van der Waals surface area contributed by atoms with Gasteiger partial charge in [0.05, 0.1) is 0 Å². The van der Waals surface area contributed by atoms with Crippen LogP contribution in [0.4, 0.5) is 11.4 Å². The molecule has 1 fully saturated rings. The Morgan fingerprint density at radius 1 is 1.11 bits per heavy atom. The summed E-state index contributed by atoms with van der Waals surface area (Å²) < 4.78 is 1.06. The van der Waals surface area contributed by atoms with Crippen molar-refractivity contribution in [3.8, 4) is 0 Å². The van der Waals surface area contributed by atoms with Gasteiger partial charge < -0.3 is 10.2 Å². The highest BCUT2D eigenvalue weighted by atomic mass is 79.9. The summed E-state index contributed by atoms with van der Waals surface area (Å²) in [6, 6.07) is 16.1. The minimum Gasteiger partial charge on any atom is -0.342 e. The van der Waals surface area contributed by atoms with Crippen molar-refractivity contribution in [3.63, 3.8) is 0 Å². The topological polar surface area (TPSA) is 27.6 Å². The first-order chi connectivity index (χ1) is 13.0. The molecule has 2 aliphatic rings. The van der Waals surface area contributed by atoms with Crippen LogP contribution in [0.5, 0.6) is 0 Å². The molecule has 2 aromatic carbocycles. The average Bonchev–Trinajstić information content (AvgIpc) is 2.92. The van der Waals surface area contributed by atoms with Crippen LogP contribution < -0.4 is 10.2 Å². The molecule has 1 aliphatic carbocycles. The van der Waals surface area contributed by atoms with Gasteiger partial charge in [-0.3, -0.25) is 0 Å². The van der Waals surface area contributed by atoms with Gasteiger partial charge in [0.25, 0.3) is 0 Å². The van der Waals surface area contributed by atoms with Crippen LogP contribution in [-0.4, -0.2) is 16.5 Å². The largest absolute Gasteiger partial charge is 0.342 e. The van der Waals surface area contributed by atoms with Gasteiger partial charge in [0, 0.05) is 20.9 Å². The number of aliphatic imine (C=N–C) groups is 1. The molecule has 1 spiro atoms. The van der Waals surface area contributed by atoms with Crippen molar-refractivity contribution in [2.75, 3.05) is 10.2 Å². The van der Waals surface area contributed by atoms with Crippen molar-refractivity contribution < 1.29 is 0 Å². The molecule has 4 rings (SSSR count). The van der Waals surface area contributed by atoms with Crippen molar-refractivity contribution in [2.24, 2.45) is 10.9 Å². The SMILES string of the molecule is CC1CCC2(CC1)C(Nc1ccc(Cl)cc1)=NC(=S)N2c1ccc(Br)cc1. The van der Waals surface area contributed by atoms with Crippen molar-refractivity contribution in [3.05, 3.63) is 58.0 Å². The van der Waals surface area contributed by atoms with Crippen LogP contribution in [0, 0.1) is 5.92 Å². The second kappa shape index (κ2) is 7.53. The number of amidine groups is 1. The Kier molecular flexibility index (Phi) is 5.28. The number of benzene rings is 2. The Balaban J connectivity index is 1.71. The molecule has 0 bridgehead atoms. The first kappa shape index (κ1) is 18.9. The third-order valence-electron chi connectivity index (χ3n) is 5.56. The number of hydrogen-bond donors (Lipinski definition) is 1. The highest BCUT2D eigenvalue weighted by Gasteiger charge is 2.50. The van der Waals surface area contributed by atoms with Crippen LogP contribution in [0.1, 0.15) is 32.6 Å². The van der Waals surface area contributed by atoms with Crippen molar-refractivity contribution in [1.29, 1.82) is 0 Å². The van der Waals surface area contributed by atoms with E-state index in [0.29, 0.717) is 5.11 Å². The zero-order chi connectivity index (χ0) is 19.0. The third-order valence-corrected chi connectivity index (χ3v) is 6.62. The van der Waals surface area contributed by atoms with Crippen LogP contribution in [0.2, 0.25) is 5.02 Å². The third kappa shape index (κ3) is 3.65. The smallest absolute Gasteiger partial charge is 0.202 e. The molecule has 0 atom stereocenters. The first-order valence-corrected chi connectivity index (χ1v) is 10.8. The Bertz CT molecular complexity index is 871. The summed E-state index contributed by atoms with van der Waals surface area (Å²) in [4.78, 5) is 7.06. The maximum atomic E-state index is 6.03. The van der Waals surface area contributed by atoms with E-state index in [1.54, 1.807) is 0 Å². The van der Waals surface area contributed by atoms with Crippen LogP contribution in [0.15, 0.2) is 58.0 Å². The maximum Gasteiger partial charge on any atom is 0.202 e. The molecule has 27 heavy (non-hydrogen) atoms. The van der Waals surface area contributed by atoms with Gasteiger partial charge in [0.15, 0.2) is 0 Å². The molecular weight excluding hydrogens is 442 g/mol. The summed E-state index contributed by atoms with van der Waals surface area (Å²) in [7, 11) is 0. The van der Waals surface area contributed by atoms with E-state index in [2.05, 4.69) is 57.3 Å². The van der Waals surface area contributed by atoms with E-state index < -0.39 is 0 Å². The highest BCUT2D eigenvalue weighted by Crippen LogP contribution is 2.43. The quantitative estimate of drug-likeness (QED) is 0.505. The van der Waals surface area contributed by atoms with E-state index >= 15 is 0 Å². The van der Waals surface area contributed by atoms with Crippen LogP contribution in [0.3, 0.4) is 0 Å². The second-order valence-electron chi connectivity index (χ2n) is 7.40. The lowest BCUT2D eigenvalue weighted by molar-refractivity contribution is 0.311. The molecule has 0 saturated heterocycles. The number of anilines is 2. The normalized spacial score (nSPS) is 25.0. The van der Waals surface area contributed by atoms with Gasteiger partial charge in [0.2, 0.25) is 5.11 Å². The lowest BCUT2D eigenvalue weighted by Crippen LogP contribution is -2.55. The van der Waals surface area contributed by atoms with Crippen molar-refractivity contribution in [2.45, 2.75) is 38.1 Å². The fourth-order valence-electron chi connectivity index (χ4n) is 4.00. The van der Waals surface area contributed by atoms with Crippen molar-refractivity contribution >= 4 is 62.1 Å². The van der Waals surface area contributed by atoms with E-state index in [1.807, 2.05) is 24.3 Å². The molecule has 0 radical (unpaired) electrons. The molecule has 1 heterocycles. The Morgan fingerprint density at radius 3 is 2.37 bits per heavy atom. The average molecular weight is 463 g/mol. The van der Waals surface area contributed by atoms with Gasteiger partial charge >= 0.3 is 0 Å². The number of nitrogens with one attached hydrogen (secondary N) is 1. The first-order valence-electron chi connectivity index (χ1n) is 9.19. The molecule has 0 aromatic heterocycles. The molecule has 1 aliphatic heterocycles. The maximum absolute atomic E-state index is 6.03.